The van der Waals surface area contributed by atoms with Crippen molar-refractivity contribution in [3.63, 3.8) is 0 Å². The zero-order chi connectivity index (χ0) is 42.4. The van der Waals surface area contributed by atoms with Crippen LogP contribution in [-0.2, 0) is 0 Å². The zero-order valence-electron chi connectivity index (χ0n) is 34.9. The van der Waals surface area contributed by atoms with Gasteiger partial charge in [0.25, 0.3) is 0 Å². The Labute approximate surface area is 376 Å². The quantitative estimate of drug-likeness (QED) is 0.143. The van der Waals surface area contributed by atoms with Gasteiger partial charge in [-0.3, -0.25) is 0 Å². The number of hydrogen-bond donors (Lipinski definition) is 0. The molecule has 0 saturated carbocycles. The number of fused-ring (bicyclic) bond motifs is 6. The van der Waals surface area contributed by atoms with E-state index in [1.54, 1.807) is 0 Å². The summed E-state index contributed by atoms with van der Waals surface area (Å²) in [5.41, 5.74) is 14.6. The second-order valence-electron chi connectivity index (χ2n) is 16.2. The molecule has 0 unspecified atom stereocenters. The lowest BCUT2D eigenvalue weighted by molar-refractivity contribution is 1.18. The number of aromatic nitrogens is 1. The molecule has 302 valence electrons. The van der Waals surface area contributed by atoms with E-state index in [1.165, 1.54) is 53.1 Å². The van der Waals surface area contributed by atoms with Gasteiger partial charge in [0.1, 0.15) is 0 Å². The average Bonchev–Trinajstić information content (AvgIpc) is 3.91. The van der Waals surface area contributed by atoms with Crippen molar-refractivity contribution in [2.75, 3.05) is 9.80 Å². The lowest BCUT2D eigenvalue weighted by Crippen LogP contribution is -2.13. The van der Waals surface area contributed by atoms with E-state index in [-0.39, 0.29) is 0 Å². The van der Waals surface area contributed by atoms with Crippen LogP contribution in [0.3, 0.4) is 0 Å². The standard InChI is InChI=1S/C60H41N3S/c1-5-17-42(18-6-1)43-29-32-49(33-30-43)61(46-19-7-2-8-20-46)51-37-45(44-31-35-58-55(39-44)53-25-13-15-27-57(53)63(58)48-23-11-4-12-24-48)38-52(40-51)62(47-21-9-3-10-22-47)50-34-36-60-56(41-50)54-26-14-16-28-59(54)64-60/h1-41H. The fourth-order valence-corrected chi connectivity index (χ4v) is 10.4. The minimum Gasteiger partial charge on any atom is -0.310 e. The first-order chi connectivity index (χ1) is 31.7. The van der Waals surface area contributed by atoms with Crippen molar-refractivity contribution in [2.45, 2.75) is 0 Å². The van der Waals surface area contributed by atoms with Gasteiger partial charge in [-0.25, -0.2) is 0 Å². The van der Waals surface area contributed by atoms with Crippen molar-refractivity contribution < 1.29 is 0 Å². The molecular formula is C60H41N3S. The van der Waals surface area contributed by atoms with Gasteiger partial charge < -0.3 is 14.4 Å². The van der Waals surface area contributed by atoms with Crippen molar-refractivity contribution in [1.82, 2.24) is 4.57 Å². The lowest BCUT2D eigenvalue weighted by atomic mass is 9.99. The summed E-state index contributed by atoms with van der Waals surface area (Å²) in [5.74, 6) is 0. The third-order valence-corrected chi connectivity index (χ3v) is 13.5. The maximum absolute atomic E-state index is 2.42. The number of rotatable bonds is 9. The highest BCUT2D eigenvalue weighted by atomic mass is 32.1. The predicted molar refractivity (Wildman–Crippen MR) is 274 cm³/mol. The Hall–Kier alpha value is -8.18. The van der Waals surface area contributed by atoms with E-state index in [4.69, 9.17) is 0 Å². The molecule has 2 aromatic heterocycles. The van der Waals surface area contributed by atoms with Crippen molar-refractivity contribution in [1.29, 1.82) is 0 Å². The van der Waals surface area contributed by atoms with Crippen LogP contribution in [0.1, 0.15) is 0 Å². The molecule has 12 aromatic rings. The second kappa shape index (κ2) is 15.9. The Kier molecular flexibility index (Phi) is 9.36. The number of anilines is 6. The molecule has 0 saturated heterocycles. The number of para-hydroxylation sites is 4. The number of hydrogen-bond acceptors (Lipinski definition) is 3. The molecule has 0 amide bonds. The fourth-order valence-electron chi connectivity index (χ4n) is 9.36. The largest absolute Gasteiger partial charge is 0.310 e. The van der Waals surface area contributed by atoms with Crippen molar-refractivity contribution in [3.8, 4) is 27.9 Å². The molecule has 4 heteroatoms. The molecule has 0 aliphatic rings. The molecule has 0 aliphatic heterocycles. The Morgan fingerprint density at radius 1 is 0.266 bits per heavy atom. The van der Waals surface area contributed by atoms with Crippen molar-refractivity contribution in [2.24, 2.45) is 0 Å². The summed E-state index contributed by atoms with van der Waals surface area (Å²) in [5, 5.41) is 4.99. The van der Waals surface area contributed by atoms with Gasteiger partial charge in [-0.15, -0.1) is 11.3 Å². The first-order valence-corrected chi connectivity index (χ1v) is 22.6. The van der Waals surface area contributed by atoms with Gasteiger partial charge in [0.15, 0.2) is 0 Å². The summed E-state index contributed by atoms with van der Waals surface area (Å²) < 4.78 is 4.96. The maximum Gasteiger partial charge on any atom is 0.0541 e. The zero-order valence-corrected chi connectivity index (χ0v) is 35.7. The molecule has 0 N–H and O–H groups in total. The smallest absolute Gasteiger partial charge is 0.0541 e. The van der Waals surface area contributed by atoms with Crippen LogP contribution in [0.5, 0.6) is 0 Å². The van der Waals surface area contributed by atoms with Crippen molar-refractivity contribution >= 4 is 87.4 Å². The van der Waals surface area contributed by atoms with Crippen LogP contribution in [0.25, 0.3) is 69.9 Å². The predicted octanol–water partition coefficient (Wildman–Crippen LogP) is 17.4. The minimum absolute atomic E-state index is 1.06. The molecule has 2 heterocycles. The van der Waals surface area contributed by atoms with Gasteiger partial charge in [0, 0.05) is 70.8 Å². The van der Waals surface area contributed by atoms with E-state index in [1.807, 2.05) is 11.3 Å². The Bertz CT molecular complexity index is 3600. The second-order valence-corrected chi connectivity index (χ2v) is 17.3. The molecule has 0 radical (unpaired) electrons. The summed E-state index contributed by atoms with van der Waals surface area (Å²) >= 11 is 1.85. The van der Waals surface area contributed by atoms with Crippen LogP contribution in [0.4, 0.5) is 34.1 Å². The van der Waals surface area contributed by atoms with E-state index in [0.29, 0.717) is 0 Å². The third-order valence-electron chi connectivity index (χ3n) is 12.3. The molecule has 0 spiro atoms. The van der Waals surface area contributed by atoms with Gasteiger partial charge in [0.2, 0.25) is 0 Å². The van der Waals surface area contributed by atoms with E-state index < -0.39 is 0 Å². The highest BCUT2D eigenvalue weighted by Gasteiger charge is 2.21. The highest BCUT2D eigenvalue weighted by Crippen LogP contribution is 2.46. The molecule has 0 bridgehead atoms. The summed E-state index contributed by atoms with van der Waals surface area (Å²) in [6, 6.07) is 90.3. The maximum atomic E-state index is 2.42. The third kappa shape index (κ3) is 6.69. The topological polar surface area (TPSA) is 11.4 Å². The Morgan fingerprint density at radius 3 is 1.47 bits per heavy atom. The van der Waals surface area contributed by atoms with Crippen LogP contribution in [0, 0.1) is 0 Å². The van der Waals surface area contributed by atoms with Crippen LogP contribution in [0.2, 0.25) is 0 Å². The Morgan fingerprint density at radius 2 is 0.766 bits per heavy atom. The molecule has 10 aromatic carbocycles. The SMILES string of the molecule is c1ccc(-c2ccc(N(c3ccccc3)c3cc(-c4ccc5c(c4)c4ccccc4n5-c4ccccc4)cc(N(c4ccccc4)c4ccc5sc6ccccc6c5c4)c3)cc2)cc1. The molecule has 64 heavy (non-hydrogen) atoms. The summed E-state index contributed by atoms with van der Waals surface area (Å²) in [7, 11) is 0. The number of thiophene rings is 1. The Balaban J connectivity index is 1.10. The molecule has 12 rings (SSSR count). The molecule has 0 atom stereocenters. The lowest BCUT2D eigenvalue weighted by Gasteiger charge is -2.30. The highest BCUT2D eigenvalue weighted by molar-refractivity contribution is 7.25. The van der Waals surface area contributed by atoms with Crippen LogP contribution < -0.4 is 9.80 Å². The monoisotopic (exact) mass is 835 g/mol. The normalized spacial score (nSPS) is 11.4. The average molecular weight is 836 g/mol. The van der Waals surface area contributed by atoms with E-state index in [9.17, 15) is 0 Å². The van der Waals surface area contributed by atoms with Gasteiger partial charge in [-0.05, 0) is 131 Å². The van der Waals surface area contributed by atoms with Crippen LogP contribution in [-0.4, -0.2) is 4.57 Å². The van der Waals surface area contributed by atoms with Gasteiger partial charge >= 0.3 is 0 Å². The van der Waals surface area contributed by atoms with Crippen molar-refractivity contribution in [3.05, 3.63) is 249 Å². The van der Waals surface area contributed by atoms with Gasteiger partial charge in [-0.2, -0.15) is 0 Å². The molecular weight excluding hydrogens is 795 g/mol. The molecule has 3 nitrogen and oxygen atoms in total. The van der Waals surface area contributed by atoms with Gasteiger partial charge in [0.05, 0.1) is 11.0 Å². The van der Waals surface area contributed by atoms with E-state index in [2.05, 4.69) is 263 Å². The first kappa shape index (κ1) is 37.6. The summed E-state index contributed by atoms with van der Waals surface area (Å²) in [6.45, 7) is 0. The minimum atomic E-state index is 1.06. The van der Waals surface area contributed by atoms with E-state index in [0.717, 1.165) is 50.9 Å². The van der Waals surface area contributed by atoms with Crippen LogP contribution >= 0.6 is 11.3 Å². The fraction of sp³-hybridized carbons (Fsp3) is 0. The first-order valence-electron chi connectivity index (χ1n) is 21.7. The summed E-state index contributed by atoms with van der Waals surface area (Å²) in [4.78, 5) is 4.81. The van der Waals surface area contributed by atoms with E-state index >= 15 is 0 Å². The molecule has 0 fully saturated rings. The molecule has 0 aliphatic carbocycles. The summed E-state index contributed by atoms with van der Waals surface area (Å²) in [6.07, 6.45) is 0. The van der Waals surface area contributed by atoms with Gasteiger partial charge in [-0.1, -0.05) is 140 Å². The number of benzene rings is 10. The number of nitrogens with zero attached hydrogens (tertiary/aromatic N) is 3. The van der Waals surface area contributed by atoms with Crippen LogP contribution in [0.15, 0.2) is 249 Å².